The zero-order valence-electron chi connectivity index (χ0n) is 11.1. The van der Waals surface area contributed by atoms with Crippen LogP contribution in [0.15, 0.2) is 0 Å². The van der Waals surface area contributed by atoms with Crippen LogP contribution in [0, 0.1) is 23.2 Å². The van der Waals surface area contributed by atoms with Crippen molar-refractivity contribution >= 4 is 19.6 Å². The number of nitrogens with zero attached hydrogens (tertiary/aromatic N) is 1. The zero-order chi connectivity index (χ0) is 13.2. The van der Waals surface area contributed by atoms with E-state index in [-0.39, 0.29) is 5.41 Å². The standard InChI is InChI=1S/C14H20BNO3/c17-7-15-16-10-2-1-5-14(10)9-4-3-8(6-9)11(14)12(16)13(18)19/h7-12,15H,1-6H2,(H,18,19)/t8?,9?,10?,11?,12-,14?/m0/s1. The Morgan fingerprint density at radius 1 is 1.37 bits per heavy atom. The van der Waals surface area contributed by atoms with Crippen LogP contribution >= 0.6 is 0 Å². The molecule has 2 bridgehead atoms. The van der Waals surface area contributed by atoms with Gasteiger partial charge in [0.15, 0.2) is 0 Å². The summed E-state index contributed by atoms with van der Waals surface area (Å²) in [7, 11) is 0.305. The van der Waals surface area contributed by atoms with E-state index in [4.69, 9.17) is 0 Å². The molecule has 19 heavy (non-hydrogen) atoms. The van der Waals surface area contributed by atoms with E-state index >= 15 is 0 Å². The predicted molar refractivity (Wildman–Crippen MR) is 71.6 cm³/mol. The molecule has 1 heterocycles. The van der Waals surface area contributed by atoms with Crippen LogP contribution in [0.2, 0.25) is 0 Å². The Morgan fingerprint density at radius 3 is 2.95 bits per heavy atom. The summed E-state index contributed by atoms with van der Waals surface area (Å²) in [6.07, 6.45) is 8.15. The Labute approximate surface area is 113 Å². The van der Waals surface area contributed by atoms with Crippen LogP contribution in [0.4, 0.5) is 0 Å². The van der Waals surface area contributed by atoms with Gasteiger partial charge in [-0.25, -0.2) is 0 Å². The molecule has 1 saturated heterocycles. The summed E-state index contributed by atoms with van der Waals surface area (Å²) < 4.78 is 0. The first kappa shape index (κ1) is 11.9. The summed E-state index contributed by atoms with van der Waals surface area (Å²) in [6, 6.07) is -0.0371. The second-order valence-electron chi connectivity index (χ2n) is 6.96. The first-order valence-electron chi connectivity index (χ1n) is 7.62. The number of carboxylic acids is 1. The number of carboxylic acid groups (broad SMARTS) is 1. The van der Waals surface area contributed by atoms with Gasteiger partial charge in [0.2, 0.25) is 0 Å². The first-order valence-corrected chi connectivity index (χ1v) is 7.62. The van der Waals surface area contributed by atoms with Gasteiger partial charge in [-0.3, -0.25) is 4.79 Å². The fourth-order valence-corrected chi connectivity index (χ4v) is 6.49. The van der Waals surface area contributed by atoms with Crippen LogP contribution in [0.1, 0.15) is 38.5 Å². The molecule has 3 aliphatic carbocycles. The van der Waals surface area contributed by atoms with Crippen molar-refractivity contribution in [2.75, 3.05) is 0 Å². The molecule has 0 aromatic heterocycles. The highest BCUT2D eigenvalue weighted by Gasteiger charge is 2.71. The molecule has 6 atom stereocenters. The summed E-state index contributed by atoms with van der Waals surface area (Å²) in [4.78, 5) is 24.8. The lowest BCUT2D eigenvalue weighted by molar-refractivity contribution is -0.143. The first-order chi connectivity index (χ1) is 9.20. The van der Waals surface area contributed by atoms with Crippen molar-refractivity contribution in [2.45, 2.75) is 50.6 Å². The van der Waals surface area contributed by atoms with E-state index in [0.717, 1.165) is 18.5 Å². The second-order valence-corrected chi connectivity index (χ2v) is 6.96. The van der Waals surface area contributed by atoms with E-state index in [9.17, 15) is 14.7 Å². The third-order valence-electron chi connectivity index (χ3n) is 6.71. The summed E-state index contributed by atoms with van der Waals surface area (Å²) in [5.41, 5.74) is 0.245. The van der Waals surface area contributed by atoms with Gasteiger partial charge in [0.05, 0.1) is 6.19 Å². The molecule has 4 aliphatic rings. The topological polar surface area (TPSA) is 57.6 Å². The molecule has 1 N–H and O–H groups in total. The molecule has 4 nitrogen and oxygen atoms in total. The number of fused-ring (bicyclic) bond motifs is 3. The number of carbonyl (C=O) groups is 2. The Morgan fingerprint density at radius 2 is 2.21 bits per heavy atom. The lowest BCUT2D eigenvalue weighted by atomic mass is 9.64. The molecule has 5 unspecified atom stereocenters. The van der Waals surface area contributed by atoms with Gasteiger partial charge in [-0.15, -0.1) is 0 Å². The quantitative estimate of drug-likeness (QED) is 0.605. The lowest BCUT2D eigenvalue weighted by Gasteiger charge is -2.40. The third kappa shape index (κ3) is 1.25. The van der Waals surface area contributed by atoms with E-state index < -0.39 is 12.0 Å². The Hall–Kier alpha value is -0.835. The van der Waals surface area contributed by atoms with Crippen molar-refractivity contribution in [1.82, 2.24) is 4.81 Å². The highest BCUT2D eigenvalue weighted by molar-refractivity contribution is 6.64. The molecule has 0 aromatic carbocycles. The molecule has 102 valence electrons. The van der Waals surface area contributed by atoms with Crippen molar-refractivity contribution in [3.05, 3.63) is 0 Å². The van der Waals surface area contributed by atoms with Gasteiger partial charge in [0.1, 0.15) is 6.04 Å². The SMILES string of the molecule is O=CBN1C2CCCC23C2CCC(C2)C3[C@H]1C(=O)O. The third-order valence-corrected chi connectivity index (χ3v) is 6.71. The number of carbonyl (C=O) groups excluding carboxylic acids is 1. The van der Waals surface area contributed by atoms with E-state index in [1.807, 2.05) is 4.81 Å². The van der Waals surface area contributed by atoms with E-state index in [1.54, 1.807) is 0 Å². The minimum absolute atomic E-state index is 0.245. The van der Waals surface area contributed by atoms with Crippen molar-refractivity contribution in [3.8, 4) is 0 Å². The molecular weight excluding hydrogens is 241 g/mol. The van der Waals surface area contributed by atoms with Crippen LogP contribution in [0.3, 0.4) is 0 Å². The van der Waals surface area contributed by atoms with Crippen LogP contribution < -0.4 is 0 Å². The van der Waals surface area contributed by atoms with Crippen LogP contribution in [0.5, 0.6) is 0 Å². The fourth-order valence-electron chi connectivity index (χ4n) is 6.49. The predicted octanol–water partition coefficient (Wildman–Crippen LogP) is 0.882. The van der Waals surface area contributed by atoms with Crippen molar-refractivity contribution < 1.29 is 14.7 Å². The molecule has 3 saturated carbocycles. The molecule has 5 heteroatoms. The molecule has 1 aliphatic heterocycles. The molecule has 4 rings (SSSR count). The molecule has 0 aromatic rings. The molecule has 0 amide bonds. The monoisotopic (exact) mass is 261 g/mol. The maximum atomic E-state index is 11.8. The highest BCUT2D eigenvalue weighted by Crippen LogP contribution is 2.71. The van der Waals surface area contributed by atoms with Gasteiger partial charge in [0, 0.05) is 6.04 Å². The van der Waals surface area contributed by atoms with Crippen LogP contribution in [0.25, 0.3) is 0 Å². The van der Waals surface area contributed by atoms with Crippen LogP contribution in [-0.4, -0.2) is 41.6 Å². The second kappa shape index (κ2) is 3.84. The Bertz CT molecular complexity index is 442. The van der Waals surface area contributed by atoms with E-state index in [0.29, 0.717) is 25.3 Å². The maximum Gasteiger partial charge on any atom is 0.320 e. The normalized spacial score (nSPS) is 51.1. The average Bonchev–Trinajstić information content (AvgIpc) is 3.06. The summed E-state index contributed by atoms with van der Waals surface area (Å²) >= 11 is 0. The zero-order valence-corrected chi connectivity index (χ0v) is 11.1. The number of rotatable bonds is 3. The maximum absolute atomic E-state index is 11.8. The smallest absolute Gasteiger partial charge is 0.320 e. The molecular formula is C14H20BNO3. The number of hydrogen-bond donors (Lipinski definition) is 1. The van der Waals surface area contributed by atoms with Gasteiger partial charge in [-0.05, 0) is 55.3 Å². The average molecular weight is 261 g/mol. The van der Waals surface area contributed by atoms with Crippen LogP contribution in [-0.2, 0) is 9.59 Å². The Balaban J connectivity index is 1.81. The molecule has 0 radical (unpaired) electrons. The highest BCUT2D eigenvalue weighted by atomic mass is 16.4. The van der Waals surface area contributed by atoms with Gasteiger partial charge < -0.3 is 14.7 Å². The van der Waals surface area contributed by atoms with Gasteiger partial charge in [0.25, 0.3) is 7.41 Å². The Kier molecular flexibility index (Phi) is 2.42. The van der Waals surface area contributed by atoms with Crippen molar-refractivity contribution in [3.63, 3.8) is 0 Å². The molecule has 4 fully saturated rings. The van der Waals surface area contributed by atoms with E-state index in [2.05, 4.69) is 0 Å². The minimum atomic E-state index is -0.701. The lowest BCUT2D eigenvalue weighted by Crippen LogP contribution is -2.46. The van der Waals surface area contributed by atoms with Gasteiger partial charge >= 0.3 is 5.97 Å². The van der Waals surface area contributed by atoms with Crippen molar-refractivity contribution in [2.24, 2.45) is 23.2 Å². The van der Waals surface area contributed by atoms with Gasteiger partial charge in [-0.1, -0.05) is 6.42 Å². The largest absolute Gasteiger partial charge is 0.480 e. The van der Waals surface area contributed by atoms with E-state index in [1.165, 1.54) is 32.1 Å². The van der Waals surface area contributed by atoms with Crippen molar-refractivity contribution in [1.29, 1.82) is 0 Å². The minimum Gasteiger partial charge on any atom is -0.480 e. The van der Waals surface area contributed by atoms with Gasteiger partial charge in [-0.2, -0.15) is 0 Å². The summed E-state index contributed by atoms with van der Waals surface area (Å²) in [6.45, 7) is 0. The molecule has 1 spiro atoms. The summed E-state index contributed by atoms with van der Waals surface area (Å²) in [5.74, 6) is 0.946. The number of hydrogen-bond acceptors (Lipinski definition) is 3. The fraction of sp³-hybridized carbons (Fsp3) is 0.857. The summed E-state index contributed by atoms with van der Waals surface area (Å²) in [5, 5.41) is 9.68. The number of aliphatic carboxylic acids is 1.